The maximum Gasteiger partial charge on any atom is 0.241 e. The van der Waals surface area contributed by atoms with Crippen LogP contribution >= 0.6 is 15.9 Å². The molecule has 1 aliphatic rings. The molecule has 0 saturated carbocycles. The van der Waals surface area contributed by atoms with Gasteiger partial charge in [-0.05, 0) is 53.5 Å². The predicted molar refractivity (Wildman–Crippen MR) is 97.2 cm³/mol. The van der Waals surface area contributed by atoms with Gasteiger partial charge in [0.2, 0.25) is 10.0 Å². The lowest BCUT2D eigenvalue weighted by atomic mass is 10.1. The van der Waals surface area contributed by atoms with Gasteiger partial charge in [0, 0.05) is 43.7 Å². The summed E-state index contributed by atoms with van der Waals surface area (Å²) >= 11 is 3.34. The second-order valence-electron chi connectivity index (χ2n) is 6.49. The van der Waals surface area contributed by atoms with E-state index < -0.39 is 10.0 Å². The van der Waals surface area contributed by atoms with Crippen LogP contribution in [0.2, 0.25) is 0 Å². The monoisotopic (exact) mass is 403 g/mol. The van der Waals surface area contributed by atoms with Crippen molar-refractivity contribution < 1.29 is 8.42 Å². The lowest BCUT2D eigenvalue weighted by molar-refractivity contribution is 0.139. The van der Waals surface area contributed by atoms with Crippen LogP contribution in [0.25, 0.3) is 0 Å². The quantitative estimate of drug-likeness (QED) is 0.787. The van der Waals surface area contributed by atoms with E-state index in [0.29, 0.717) is 15.9 Å². The predicted octanol–water partition coefficient (Wildman–Crippen LogP) is 1.92. The van der Waals surface area contributed by atoms with Gasteiger partial charge in [0.1, 0.15) is 0 Å². The molecule has 0 aromatic heterocycles. The summed E-state index contributed by atoms with van der Waals surface area (Å²) in [5, 5.41) is 0. The van der Waals surface area contributed by atoms with Gasteiger partial charge in [-0.2, -0.15) is 0 Å². The summed E-state index contributed by atoms with van der Waals surface area (Å²) < 4.78 is 28.2. The van der Waals surface area contributed by atoms with Gasteiger partial charge in [-0.1, -0.05) is 13.0 Å². The zero-order valence-electron chi connectivity index (χ0n) is 14.0. The Morgan fingerprint density at radius 1 is 1.26 bits per heavy atom. The molecule has 1 aliphatic heterocycles. The van der Waals surface area contributed by atoms with Crippen LogP contribution in [0.3, 0.4) is 0 Å². The molecule has 0 aliphatic carbocycles. The third-order valence-electron chi connectivity index (χ3n) is 4.16. The number of benzene rings is 1. The van der Waals surface area contributed by atoms with Crippen LogP contribution in [0, 0.1) is 12.8 Å². The standard InChI is InChI=1S/C16H26BrN3O2S/c1-13-4-5-16(15(17)10-13)23(21,22)18-11-14(2)12-20-8-6-19(3)7-9-20/h4-5,10,14,18H,6-9,11-12H2,1-3H3. The molecular weight excluding hydrogens is 378 g/mol. The van der Waals surface area contributed by atoms with E-state index in [9.17, 15) is 8.42 Å². The molecule has 1 atom stereocenters. The largest absolute Gasteiger partial charge is 0.304 e. The molecule has 5 nitrogen and oxygen atoms in total. The molecule has 1 fully saturated rings. The summed E-state index contributed by atoms with van der Waals surface area (Å²) in [4.78, 5) is 5.02. The van der Waals surface area contributed by atoms with Crippen molar-refractivity contribution in [3.8, 4) is 0 Å². The van der Waals surface area contributed by atoms with Gasteiger partial charge in [-0.25, -0.2) is 13.1 Å². The molecule has 7 heteroatoms. The molecule has 1 heterocycles. The number of piperazine rings is 1. The Morgan fingerprint density at radius 2 is 1.91 bits per heavy atom. The van der Waals surface area contributed by atoms with Crippen molar-refractivity contribution in [1.29, 1.82) is 0 Å². The lowest BCUT2D eigenvalue weighted by Crippen LogP contribution is -2.46. The average molecular weight is 404 g/mol. The summed E-state index contributed by atoms with van der Waals surface area (Å²) in [7, 11) is -1.34. The number of aryl methyl sites for hydroxylation is 1. The van der Waals surface area contributed by atoms with Gasteiger partial charge in [0.05, 0.1) is 4.90 Å². The van der Waals surface area contributed by atoms with Gasteiger partial charge >= 0.3 is 0 Å². The molecule has 0 spiro atoms. The second kappa shape index (κ2) is 8.07. The van der Waals surface area contributed by atoms with Crippen molar-refractivity contribution in [1.82, 2.24) is 14.5 Å². The molecule has 1 aromatic rings. The van der Waals surface area contributed by atoms with E-state index in [1.807, 2.05) is 19.1 Å². The number of sulfonamides is 1. The van der Waals surface area contributed by atoms with Crippen molar-refractivity contribution in [3.05, 3.63) is 28.2 Å². The molecule has 2 rings (SSSR count). The average Bonchev–Trinajstić information content (AvgIpc) is 2.47. The summed E-state index contributed by atoms with van der Waals surface area (Å²) in [5.41, 5.74) is 1.03. The van der Waals surface area contributed by atoms with Crippen LogP contribution in [-0.4, -0.2) is 64.5 Å². The zero-order valence-corrected chi connectivity index (χ0v) is 16.5. The fourth-order valence-electron chi connectivity index (χ4n) is 2.69. The van der Waals surface area contributed by atoms with Crippen LogP contribution in [0.1, 0.15) is 12.5 Å². The molecule has 1 saturated heterocycles. The number of nitrogens with one attached hydrogen (secondary N) is 1. The maximum absolute atomic E-state index is 12.4. The minimum atomic E-state index is -3.48. The Hall–Kier alpha value is -0.470. The summed E-state index contributed by atoms with van der Waals surface area (Å²) in [6, 6.07) is 5.28. The number of halogens is 1. The molecule has 1 N–H and O–H groups in total. The first kappa shape index (κ1) is 18.9. The first-order chi connectivity index (χ1) is 10.8. The van der Waals surface area contributed by atoms with Gasteiger partial charge in [0.15, 0.2) is 0 Å². The lowest BCUT2D eigenvalue weighted by Gasteiger charge is -2.33. The van der Waals surface area contributed by atoms with Crippen LogP contribution in [0.4, 0.5) is 0 Å². The smallest absolute Gasteiger partial charge is 0.241 e. The number of nitrogens with zero attached hydrogens (tertiary/aromatic N) is 2. The Morgan fingerprint density at radius 3 is 2.52 bits per heavy atom. The molecular formula is C16H26BrN3O2S. The Balaban J connectivity index is 1.88. The summed E-state index contributed by atoms with van der Waals surface area (Å²) in [6.45, 7) is 9.66. The fourth-order valence-corrected chi connectivity index (χ4v) is 5.04. The summed E-state index contributed by atoms with van der Waals surface area (Å²) in [5.74, 6) is 0.275. The summed E-state index contributed by atoms with van der Waals surface area (Å²) in [6.07, 6.45) is 0. The number of hydrogen-bond donors (Lipinski definition) is 1. The molecule has 1 aromatic carbocycles. The zero-order chi connectivity index (χ0) is 17.0. The Labute approximate surface area is 148 Å². The first-order valence-corrected chi connectivity index (χ1v) is 10.2. The molecule has 23 heavy (non-hydrogen) atoms. The normalized spacial score (nSPS) is 19.0. The highest BCUT2D eigenvalue weighted by molar-refractivity contribution is 9.10. The van der Waals surface area contributed by atoms with Crippen molar-refractivity contribution >= 4 is 26.0 Å². The highest BCUT2D eigenvalue weighted by Gasteiger charge is 2.20. The van der Waals surface area contributed by atoms with Crippen LogP contribution in [0.5, 0.6) is 0 Å². The minimum absolute atomic E-state index is 0.275. The first-order valence-electron chi connectivity index (χ1n) is 7.94. The maximum atomic E-state index is 12.4. The molecule has 1 unspecified atom stereocenters. The highest BCUT2D eigenvalue weighted by Crippen LogP contribution is 2.23. The van der Waals surface area contributed by atoms with E-state index in [4.69, 9.17) is 0 Å². The number of likely N-dealkylation sites (N-methyl/N-ethyl adjacent to an activating group) is 1. The van der Waals surface area contributed by atoms with Crippen molar-refractivity contribution in [2.24, 2.45) is 5.92 Å². The van der Waals surface area contributed by atoms with Crippen LogP contribution in [0.15, 0.2) is 27.6 Å². The van der Waals surface area contributed by atoms with Gasteiger partial charge in [-0.3, -0.25) is 0 Å². The Kier molecular flexibility index (Phi) is 6.62. The third-order valence-corrected chi connectivity index (χ3v) is 6.56. The van der Waals surface area contributed by atoms with Gasteiger partial charge in [0.25, 0.3) is 0 Å². The van der Waals surface area contributed by atoms with Gasteiger partial charge < -0.3 is 9.80 Å². The highest BCUT2D eigenvalue weighted by atomic mass is 79.9. The molecule has 130 valence electrons. The third kappa shape index (κ3) is 5.53. The fraction of sp³-hybridized carbons (Fsp3) is 0.625. The number of rotatable bonds is 6. The topological polar surface area (TPSA) is 52.7 Å². The van der Waals surface area contributed by atoms with E-state index in [-0.39, 0.29) is 5.92 Å². The SMILES string of the molecule is Cc1ccc(S(=O)(=O)NCC(C)CN2CCN(C)CC2)c(Br)c1. The Bertz CT molecular complexity index is 628. The second-order valence-corrected chi connectivity index (χ2v) is 9.08. The van der Waals surface area contributed by atoms with Crippen molar-refractivity contribution in [2.75, 3.05) is 46.3 Å². The van der Waals surface area contributed by atoms with E-state index in [2.05, 4.69) is 44.4 Å². The van der Waals surface area contributed by atoms with E-state index >= 15 is 0 Å². The van der Waals surface area contributed by atoms with E-state index in [1.54, 1.807) is 6.07 Å². The van der Waals surface area contributed by atoms with Crippen molar-refractivity contribution in [2.45, 2.75) is 18.7 Å². The van der Waals surface area contributed by atoms with Gasteiger partial charge in [-0.15, -0.1) is 0 Å². The molecule has 0 amide bonds. The molecule has 0 radical (unpaired) electrons. The molecule has 0 bridgehead atoms. The van der Waals surface area contributed by atoms with Crippen LogP contribution < -0.4 is 4.72 Å². The van der Waals surface area contributed by atoms with E-state index in [1.165, 1.54) is 0 Å². The minimum Gasteiger partial charge on any atom is -0.304 e. The van der Waals surface area contributed by atoms with E-state index in [0.717, 1.165) is 38.3 Å². The van der Waals surface area contributed by atoms with Crippen molar-refractivity contribution in [3.63, 3.8) is 0 Å². The van der Waals surface area contributed by atoms with Crippen LogP contribution in [-0.2, 0) is 10.0 Å². The number of hydrogen-bond acceptors (Lipinski definition) is 4.